The maximum atomic E-state index is 11.8. The third-order valence-corrected chi connectivity index (χ3v) is 3.65. The summed E-state index contributed by atoms with van der Waals surface area (Å²) in [5, 5.41) is 10.1. The minimum Gasteiger partial charge on any atom is -0.345 e. The number of carbonyl (C=O) groups is 1. The van der Waals surface area contributed by atoms with Gasteiger partial charge in [-0.3, -0.25) is 9.48 Å². The normalized spacial score (nSPS) is 10.6. The zero-order valence-corrected chi connectivity index (χ0v) is 11.7. The largest absolute Gasteiger partial charge is 0.345 e. The van der Waals surface area contributed by atoms with Crippen molar-refractivity contribution in [2.75, 3.05) is 0 Å². The zero-order valence-electron chi connectivity index (χ0n) is 10.1. The SMILES string of the molecule is CCc1nc(CNC(=O)c2nn(C)cc2Cl)cs1. The van der Waals surface area contributed by atoms with Crippen molar-refractivity contribution in [2.24, 2.45) is 7.05 Å². The van der Waals surface area contributed by atoms with Gasteiger partial charge in [0.2, 0.25) is 0 Å². The van der Waals surface area contributed by atoms with E-state index in [4.69, 9.17) is 11.6 Å². The third kappa shape index (κ3) is 2.88. The molecular formula is C11H13ClN4OS. The molecule has 0 saturated heterocycles. The number of aromatic nitrogens is 3. The standard InChI is InChI=1S/C11H13ClN4OS/c1-3-9-14-7(6-18-9)4-13-11(17)10-8(12)5-16(2)15-10/h5-6H,3-4H2,1-2H3,(H,13,17). The summed E-state index contributed by atoms with van der Waals surface area (Å²) in [6.45, 7) is 2.44. The molecule has 1 amide bonds. The summed E-state index contributed by atoms with van der Waals surface area (Å²) >= 11 is 7.49. The van der Waals surface area contributed by atoms with Crippen molar-refractivity contribution in [1.29, 1.82) is 0 Å². The van der Waals surface area contributed by atoms with Crippen LogP contribution in [0.5, 0.6) is 0 Å². The summed E-state index contributed by atoms with van der Waals surface area (Å²) in [6.07, 6.45) is 2.50. The molecule has 2 heterocycles. The molecule has 7 heteroatoms. The minimum atomic E-state index is -0.286. The number of carbonyl (C=O) groups excluding carboxylic acids is 1. The highest BCUT2D eigenvalue weighted by molar-refractivity contribution is 7.09. The number of halogens is 1. The van der Waals surface area contributed by atoms with Gasteiger partial charge in [-0.2, -0.15) is 5.10 Å². The maximum absolute atomic E-state index is 11.8. The number of rotatable bonds is 4. The van der Waals surface area contributed by atoms with Gasteiger partial charge in [0.25, 0.3) is 5.91 Å². The molecule has 0 fully saturated rings. The highest BCUT2D eigenvalue weighted by Gasteiger charge is 2.14. The Bertz CT molecular complexity index is 563. The zero-order chi connectivity index (χ0) is 13.1. The monoisotopic (exact) mass is 284 g/mol. The van der Waals surface area contributed by atoms with Gasteiger partial charge in [-0.25, -0.2) is 4.98 Å². The van der Waals surface area contributed by atoms with E-state index >= 15 is 0 Å². The van der Waals surface area contributed by atoms with E-state index in [0.29, 0.717) is 11.6 Å². The van der Waals surface area contributed by atoms with E-state index in [1.54, 1.807) is 24.6 Å². The Morgan fingerprint density at radius 1 is 1.61 bits per heavy atom. The van der Waals surface area contributed by atoms with Crippen LogP contribution in [-0.2, 0) is 20.0 Å². The summed E-state index contributed by atoms with van der Waals surface area (Å²) < 4.78 is 1.51. The highest BCUT2D eigenvalue weighted by Crippen LogP contribution is 2.13. The number of hydrogen-bond acceptors (Lipinski definition) is 4. The van der Waals surface area contributed by atoms with Crippen molar-refractivity contribution in [1.82, 2.24) is 20.1 Å². The third-order valence-electron chi connectivity index (χ3n) is 2.33. The Kier molecular flexibility index (Phi) is 3.98. The summed E-state index contributed by atoms with van der Waals surface area (Å²) in [4.78, 5) is 16.2. The van der Waals surface area contributed by atoms with Crippen molar-refractivity contribution in [3.8, 4) is 0 Å². The molecule has 5 nitrogen and oxygen atoms in total. The fourth-order valence-electron chi connectivity index (χ4n) is 1.46. The first kappa shape index (κ1) is 13.0. The summed E-state index contributed by atoms with van der Waals surface area (Å²) in [6, 6.07) is 0. The second kappa shape index (κ2) is 5.49. The topological polar surface area (TPSA) is 59.8 Å². The Morgan fingerprint density at radius 2 is 2.39 bits per heavy atom. The highest BCUT2D eigenvalue weighted by atomic mass is 35.5. The van der Waals surface area contributed by atoms with Crippen LogP contribution in [0.2, 0.25) is 5.02 Å². The number of nitrogens with one attached hydrogen (secondary N) is 1. The number of hydrogen-bond donors (Lipinski definition) is 1. The van der Waals surface area contributed by atoms with Gasteiger partial charge in [-0.1, -0.05) is 18.5 Å². The number of thiazole rings is 1. The molecule has 0 atom stereocenters. The van der Waals surface area contributed by atoms with Crippen LogP contribution in [0.25, 0.3) is 0 Å². The predicted octanol–water partition coefficient (Wildman–Crippen LogP) is 2.02. The molecule has 1 N–H and O–H groups in total. The fraction of sp³-hybridized carbons (Fsp3) is 0.364. The van der Waals surface area contributed by atoms with E-state index in [2.05, 4.69) is 22.3 Å². The molecular weight excluding hydrogens is 272 g/mol. The summed E-state index contributed by atoms with van der Waals surface area (Å²) in [5.41, 5.74) is 1.10. The molecule has 18 heavy (non-hydrogen) atoms. The molecule has 0 aliphatic rings. The van der Waals surface area contributed by atoms with Gasteiger partial charge in [0.1, 0.15) is 0 Å². The quantitative estimate of drug-likeness (QED) is 0.934. The Labute approximate surface area is 114 Å². The first-order valence-electron chi connectivity index (χ1n) is 5.50. The summed E-state index contributed by atoms with van der Waals surface area (Å²) in [5.74, 6) is -0.286. The van der Waals surface area contributed by atoms with Crippen molar-refractivity contribution in [2.45, 2.75) is 19.9 Å². The van der Waals surface area contributed by atoms with Crippen LogP contribution in [0.3, 0.4) is 0 Å². The molecule has 0 spiro atoms. The molecule has 0 aliphatic carbocycles. The lowest BCUT2D eigenvalue weighted by atomic mass is 10.4. The van der Waals surface area contributed by atoms with E-state index in [1.165, 1.54) is 4.68 Å². The summed E-state index contributed by atoms with van der Waals surface area (Å²) in [7, 11) is 1.72. The molecule has 0 aliphatic heterocycles. The van der Waals surface area contributed by atoms with Crippen LogP contribution in [0.4, 0.5) is 0 Å². The Balaban J connectivity index is 1.98. The first-order chi connectivity index (χ1) is 8.60. The molecule has 0 bridgehead atoms. The fourth-order valence-corrected chi connectivity index (χ4v) is 2.47. The van der Waals surface area contributed by atoms with Crippen LogP contribution < -0.4 is 5.32 Å². The smallest absolute Gasteiger partial charge is 0.273 e. The Hall–Kier alpha value is -1.40. The van der Waals surface area contributed by atoms with Gasteiger partial charge >= 0.3 is 0 Å². The van der Waals surface area contributed by atoms with E-state index in [1.807, 2.05) is 5.38 Å². The minimum absolute atomic E-state index is 0.241. The lowest BCUT2D eigenvalue weighted by molar-refractivity contribution is 0.0945. The maximum Gasteiger partial charge on any atom is 0.273 e. The predicted molar refractivity (Wildman–Crippen MR) is 70.9 cm³/mol. The molecule has 96 valence electrons. The van der Waals surface area contributed by atoms with Gasteiger partial charge in [0.05, 0.1) is 22.3 Å². The lowest BCUT2D eigenvalue weighted by Crippen LogP contribution is -2.23. The van der Waals surface area contributed by atoms with Gasteiger partial charge in [0, 0.05) is 18.6 Å². The molecule has 2 rings (SSSR count). The van der Waals surface area contributed by atoms with Crippen molar-refractivity contribution in [3.63, 3.8) is 0 Å². The van der Waals surface area contributed by atoms with E-state index in [0.717, 1.165) is 17.1 Å². The molecule has 0 unspecified atom stereocenters. The molecule has 2 aromatic heterocycles. The van der Waals surface area contributed by atoms with Crippen LogP contribution in [0.1, 0.15) is 28.1 Å². The van der Waals surface area contributed by atoms with E-state index in [-0.39, 0.29) is 11.6 Å². The van der Waals surface area contributed by atoms with Crippen LogP contribution in [0.15, 0.2) is 11.6 Å². The molecule has 0 radical (unpaired) electrons. The number of aryl methyl sites for hydroxylation is 2. The average Bonchev–Trinajstić information content (AvgIpc) is 2.92. The second-order valence-electron chi connectivity index (χ2n) is 3.77. The van der Waals surface area contributed by atoms with Gasteiger partial charge in [-0.15, -0.1) is 11.3 Å². The number of amides is 1. The molecule has 0 saturated carbocycles. The van der Waals surface area contributed by atoms with Gasteiger partial charge in [0.15, 0.2) is 5.69 Å². The molecule has 0 aromatic carbocycles. The van der Waals surface area contributed by atoms with E-state index < -0.39 is 0 Å². The van der Waals surface area contributed by atoms with Crippen LogP contribution in [-0.4, -0.2) is 20.7 Å². The van der Waals surface area contributed by atoms with Crippen molar-refractivity contribution in [3.05, 3.63) is 33.0 Å². The molecule has 2 aromatic rings. The van der Waals surface area contributed by atoms with Crippen LogP contribution >= 0.6 is 22.9 Å². The Morgan fingerprint density at radius 3 is 2.94 bits per heavy atom. The van der Waals surface area contributed by atoms with Crippen molar-refractivity contribution >= 4 is 28.8 Å². The van der Waals surface area contributed by atoms with Gasteiger partial charge in [-0.05, 0) is 6.42 Å². The second-order valence-corrected chi connectivity index (χ2v) is 5.12. The number of nitrogens with zero attached hydrogens (tertiary/aromatic N) is 3. The van der Waals surface area contributed by atoms with Crippen molar-refractivity contribution < 1.29 is 4.79 Å². The average molecular weight is 285 g/mol. The first-order valence-corrected chi connectivity index (χ1v) is 6.76. The van der Waals surface area contributed by atoms with E-state index in [9.17, 15) is 4.79 Å². The van der Waals surface area contributed by atoms with Gasteiger partial charge < -0.3 is 5.32 Å². The van der Waals surface area contributed by atoms with Crippen LogP contribution in [0, 0.1) is 0 Å². The lowest BCUT2D eigenvalue weighted by Gasteiger charge is -2.00.